The predicted molar refractivity (Wildman–Crippen MR) is 135 cm³/mol. The standard InChI is InChI=1S/C29H30N2O2/c1-17(2)22-10-12-23(13-11-22)30-27-26(24-14-8-18(3)15-21(24)6)28(32)31(29(27)33)25-16-19(4)7-9-20(25)5/h7-17,30H,1-6H3. The molecule has 2 amide bonds. The van der Waals surface area contributed by atoms with Crippen molar-refractivity contribution < 1.29 is 9.59 Å². The number of hydrogen-bond acceptors (Lipinski definition) is 3. The maximum atomic E-state index is 13.8. The van der Waals surface area contributed by atoms with Gasteiger partial charge < -0.3 is 5.32 Å². The molecule has 0 radical (unpaired) electrons. The highest BCUT2D eigenvalue weighted by atomic mass is 16.2. The summed E-state index contributed by atoms with van der Waals surface area (Å²) in [4.78, 5) is 28.8. The molecule has 0 spiro atoms. The molecule has 0 aliphatic carbocycles. The van der Waals surface area contributed by atoms with Crippen LogP contribution in [-0.4, -0.2) is 11.8 Å². The minimum atomic E-state index is -0.336. The van der Waals surface area contributed by atoms with Crippen LogP contribution in [0.2, 0.25) is 0 Å². The Morgan fingerprint density at radius 3 is 2.00 bits per heavy atom. The Morgan fingerprint density at radius 1 is 0.727 bits per heavy atom. The molecule has 0 fully saturated rings. The number of benzene rings is 3. The molecular formula is C29H30N2O2. The number of nitrogens with zero attached hydrogens (tertiary/aromatic N) is 1. The normalized spacial score (nSPS) is 14.0. The van der Waals surface area contributed by atoms with Crippen molar-refractivity contribution in [3.63, 3.8) is 0 Å². The van der Waals surface area contributed by atoms with Crippen LogP contribution < -0.4 is 10.2 Å². The molecule has 33 heavy (non-hydrogen) atoms. The molecular weight excluding hydrogens is 408 g/mol. The number of carbonyl (C=O) groups is 2. The Labute approximate surface area is 195 Å². The quantitative estimate of drug-likeness (QED) is 0.466. The largest absolute Gasteiger partial charge is 0.350 e. The van der Waals surface area contributed by atoms with Crippen molar-refractivity contribution in [2.24, 2.45) is 0 Å². The van der Waals surface area contributed by atoms with Gasteiger partial charge in [0.15, 0.2) is 0 Å². The van der Waals surface area contributed by atoms with E-state index in [0.29, 0.717) is 22.9 Å². The Morgan fingerprint density at radius 2 is 1.36 bits per heavy atom. The number of imide groups is 1. The summed E-state index contributed by atoms with van der Waals surface area (Å²) in [6.07, 6.45) is 0. The van der Waals surface area contributed by atoms with Crippen molar-refractivity contribution in [2.45, 2.75) is 47.5 Å². The van der Waals surface area contributed by atoms with Crippen molar-refractivity contribution in [2.75, 3.05) is 10.2 Å². The van der Waals surface area contributed by atoms with Gasteiger partial charge in [0.25, 0.3) is 11.8 Å². The van der Waals surface area contributed by atoms with E-state index in [2.05, 4.69) is 19.2 Å². The number of anilines is 2. The van der Waals surface area contributed by atoms with E-state index in [-0.39, 0.29) is 11.8 Å². The summed E-state index contributed by atoms with van der Waals surface area (Å²) in [6, 6.07) is 19.8. The van der Waals surface area contributed by atoms with Crippen molar-refractivity contribution >= 4 is 28.8 Å². The van der Waals surface area contributed by atoms with Crippen LogP contribution in [0.3, 0.4) is 0 Å². The Balaban J connectivity index is 1.85. The summed E-state index contributed by atoms with van der Waals surface area (Å²) in [7, 11) is 0. The van der Waals surface area contributed by atoms with Gasteiger partial charge in [-0.15, -0.1) is 0 Å². The molecule has 4 heteroatoms. The van der Waals surface area contributed by atoms with Crippen LogP contribution in [0.1, 0.15) is 53.1 Å². The molecule has 0 bridgehead atoms. The van der Waals surface area contributed by atoms with Gasteiger partial charge in [-0.1, -0.05) is 61.9 Å². The predicted octanol–water partition coefficient (Wildman–Crippen LogP) is 6.44. The summed E-state index contributed by atoms with van der Waals surface area (Å²) < 4.78 is 0. The van der Waals surface area contributed by atoms with Gasteiger partial charge in [-0.2, -0.15) is 0 Å². The minimum absolute atomic E-state index is 0.304. The number of nitrogens with one attached hydrogen (secondary N) is 1. The fraction of sp³-hybridized carbons (Fsp3) is 0.241. The maximum Gasteiger partial charge on any atom is 0.282 e. The molecule has 0 aromatic heterocycles. The summed E-state index contributed by atoms with van der Waals surface area (Å²) >= 11 is 0. The third kappa shape index (κ3) is 4.21. The highest BCUT2D eigenvalue weighted by molar-refractivity contribution is 6.46. The van der Waals surface area contributed by atoms with Crippen molar-refractivity contribution in [3.8, 4) is 0 Å². The highest BCUT2D eigenvalue weighted by Gasteiger charge is 2.41. The van der Waals surface area contributed by atoms with E-state index >= 15 is 0 Å². The zero-order valence-corrected chi connectivity index (χ0v) is 20.1. The molecule has 1 N–H and O–H groups in total. The molecule has 1 aliphatic rings. The van der Waals surface area contributed by atoms with E-state index in [1.165, 1.54) is 10.5 Å². The first-order valence-corrected chi connectivity index (χ1v) is 11.3. The first kappa shape index (κ1) is 22.5. The molecule has 4 nitrogen and oxygen atoms in total. The summed E-state index contributed by atoms with van der Waals surface area (Å²) in [5, 5.41) is 3.28. The van der Waals surface area contributed by atoms with Gasteiger partial charge in [-0.3, -0.25) is 9.59 Å². The van der Waals surface area contributed by atoms with Gasteiger partial charge in [0.05, 0.1) is 11.3 Å². The molecule has 0 atom stereocenters. The maximum absolute atomic E-state index is 13.8. The van der Waals surface area contributed by atoms with Crippen LogP contribution in [0.25, 0.3) is 5.57 Å². The van der Waals surface area contributed by atoms with E-state index < -0.39 is 0 Å². The smallest absolute Gasteiger partial charge is 0.282 e. The number of amides is 2. The molecule has 4 rings (SSSR count). The number of rotatable bonds is 5. The first-order valence-electron chi connectivity index (χ1n) is 11.3. The molecule has 3 aromatic carbocycles. The molecule has 0 saturated carbocycles. The van der Waals surface area contributed by atoms with E-state index in [4.69, 9.17) is 0 Å². The lowest BCUT2D eigenvalue weighted by atomic mass is 9.97. The second-order valence-corrected chi connectivity index (χ2v) is 9.21. The lowest BCUT2D eigenvalue weighted by Crippen LogP contribution is -2.33. The van der Waals surface area contributed by atoms with E-state index in [0.717, 1.165) is 33.5 Å². The number of carbonyl (C=O) groups excluding carboxylic acids is 2. The van der Waals surface area contributed by atoms with E-state index in [1.807, 2.05) is 88.4 Å². The van der Waals surface area contributed by atoms with Gasteiger partial charge in [0.2, 0.25) is 0 Å². The Bertz CT molecular complexity index is 1280. The minimum Gasteiger partial charge on any atom is -0.350 e. The van der Waals surface area contributed by atoms with Crippen molar-refractivity contribution in [1.82, 2.24) is 0 Å². The summed E-state index contributed by atoms with van der Waals surface area (Å²) in [5.41, 5.74) is 8.06. The SMILES string of the molecule is Cc1ccc(C2=C(Nc3ccc(C(C)C)cc3)C(=O)N(c3cc(C)ccc3C)C2=O)c(C)c1. The van der Waals surface area contributed by atoms with Gasteiger partial charge in [-0.25, -0.2) is 4.90 Å². The zero-order valence-electron chi connectivity index (χ0n) is 20.1. The van der Waals surface area contributed by atoms with Gasteiger partial charge in [0, 0.05) is 5.69 Å². The highest BCUT2D eigenvalue weighted by Crippen LogP contribution is 2.36. The second kappa shape index (κ2) is 8.70. The van der Waals surface area contributed by atoms with Crippen LogP contribution in [-0.2, 0) is 9.59 Å². The van der Waals surface area contributed by atoms with Crippen LogP contribution in [0.4, 0.5) is 11.4 Å². The topological polar surface area (TPSA) is 49.4 Å². The average molecular weight is 439 g/mol. The Kier molecular flexibility index (Phi) is 5.94. The molecule has 1 aliphatic heterocycles. The van der Waals surface area contributed by atoms with Crippen molar-refractivity contribution in [3.05, 3.63) is 99.7 Å². The monoisotopic (exact) mass is 438 g/mol. The van der Waals surface area contributed by atoms with E-state index in [1.54, 1.807) is 0 Å². The molecule has 1 heterocycles. The molecule has 0 unspecified atom stereocenters. The van der Waals surface area contributed by atoms with Crippen LogP contribution in [0.5, 0.6) is 0 Å². The summed E-state index contributed by atoms with van der Waals surface area (Å²) in [5.74, 6) is -0.225. The fourth-order valence-corrected chi connectivity index (χ4v) is 4.26. The number of aryl methyl sites for hydroxylation is 4. The van der Waals surface area contributed by atoms with Crippen LogP contribution >= 0.6 is 0 Å². The van der Waals surface area contributed by atoms with Gasteiger partial charge in [0.1, 0.15) is 5.70 Å². The second-order valence-electron chi connectivity index (χ2n) is 9.21. The summed E-state index contributed by atoms with van der Waals surface area (Å²) in [6.45, 7) is 12.2. The lowest BCUT2D eigenvalue weighted by molar-refractivity contribution is -0.120. The lowest BCUT2D eigenvalue weighted by Gasteiger charge is -2.18. The molecule has 168 valence electrons. The number of hydrogen-bond donors (Lipinski definition) is 1. The molecule has 3 aromatic rings. The Hall–Kier alpha value is -3.66. The first-order chi connectivity index (χ1) is 15.7. The van der Waals surface area contributed by atoms with Crippen LogP contribution in [0, 0.1) is 27.7 Å². The van der Waals surface area contributed by atoms with E-state index in [9.17, 15) is 9.59 Å². The van der Waals surface area contributed by atoms with Crippen LogP contribution in [0.15, 0.2) is 66.4 Å². The fourth-order valence-electron chi connectivity index (χ4n) is 4.26. The van der Waals surface area contributed by atoms with Crippen molar-refractivity contribution in [1.29, 1.82) is 0 Å². The average Bonchev–Trinajstić information content (AvgIpc) is 3.00. The zero-order chi connectivity index (χ0) is 23.9. The third-order valence-electron chi connectivity index (χ3n) is 6.19. The van der Waals surface area contributed by atoms with Gasteiger partial charge >= 0.3 is 0 Å². The van der Waals surface area contributed by atoms with Gasteiger partial charge in [-0.05, 0) is 79.6 Å². The molecule has 0 saturated heterocycles. The third-order valence-corrected chi connectivity index (χ3v) is 6.19.